The molecule has 0 fully saturated rings. The molecule has 2 rings (SSSR count). The zero-order valence-electron chi connectivity index (χ0n) is 11.6. The van der Waals surface area contributed by atoms with E-state index < -0.39 is 0 Å². The van der Waals surface area contributed by atoms with E-state index >= 15 is 0 Å². The molecule has 104 valence electrons. The van der Waals surface area contributed by atoms with E-state index in [1.165, 1.54) is 0 Å². The summed E-state index contributed by atoms with van der Waals surface area (Å²) in [5.74, 6) is -0.206. The largest absolute Gasteiger partial charge is 0.376 e. The molecule has 1 aromatic heterocycles. The summed E-state index contributed by atoms with van der Waals surface area (Å²) in [7, 11) is 3.82. The molecule has 0 aliphatic carbocycles. The fourth-order valence-electron chi connectivity index (χ4n) is 1.79. The van der Waals surface area contributed by atoms with E-state index in [9.17, 15) is 4.79 Å². The first-order chi connectivity index (χ1) is 9.47. The van der Waals surface area contributed by atoms with Gasteiger partial charge in [0.2, 0.25) is 0 Å². The number of pyridine rings is 1. The van der Waals surface area contributed by atoms with Gasteiger partial charge in [0.1, 0.15) is 0 Å². The first-order valence-corrected chi connectivity index (χ1v) is 6.56. The molecule has 0 bridgehead atoms. The van der Waals surface area contributed by atoms with Crippen molar-refractivity contribution < 1.29 is 4.79 Å². The highest BCUT2D eigenvalue weighted by Gasteiger charge is 2.11. The monoisotopic (exact) mass is 289 g/mol. The summed E-state index contributed by atoms with van der Waals surface area (Å²) in [6.45, 7) is 1.88. The third-order valence-corrected chi connectivity index (χ3v) is 3.10. The Morgan fingerprint density at radius 3 is 2.60 bits per heavy atom. The number of nitrogens with one attached hydrogen (secondary N) is 1. The molecule has 0 aliphatic rings. The second-order valence-electron chi connectivity index (χ2n) is 4.70. The predicted octanol–water partition coefficient (Wildman–Crippen LogP) is 3.36. The molecule has 0 atom stereocenters. The molecule has 2 aromatic rings. The molecule has 1 aromatic carbocycles. The Bertz CT molecular complexity index is 624. The second kappa shape index (κ2) is 5.92. The highest BCUT2D eigenvalue weighted by atomic mass is 35.5. The van der Waals surface area contributed by atoms with Crippen LogP contribution in [0.25, 0.3) is 0 Å². The molecule has 0 spiro atoms. The summed E-state index contributed by atoms with van der Waals surface area (Å²) >= 11 is 5.99. The predicted molar refractivity (Wildman–Crippen MR) is 82.7 cm³/mol. The van der Waals surface area contributed by atoms with Crippen LogP contribution in [-0.4, -0.2) is 25.0 Å². The molecule has 20 heavy (non-hydrogen) atoms. The number of hydrogen-bond donors (Lipinski definition) is 1. The normalized spacial score (nSPS) is 10.2. The lowest BCUT2D eigenvalue weighted by Gasteiger charge is -2.18. The minimum atomic E-state index is -0.206. The Morgan fingerprint density at radius 1 is 1.25 bits per heavy atom. The quantitative estimate of drug-likeness (QED) is 0.942. The maximum Gasteiger partial charge on any atom is 0.257 e. The van der Waals surface area contributed by atoms with Gasteiger partial charge >= 0.3 is 0 Å². The van der Waals surface area contributed by atoms with E-state index in [1.807, 2.05) is 32.0 Å². The smallest absolute Gasteiger partial charge is 0.257 e. The van der Waals surface area contributed by atoms with Gasteiger partial charge in [0.05, 0.1) is 16.9 Å². The minimum absolute atomic E-state index is 0.206. The standard InChI is InChI=1S/C15H16ClN3O/c1-10-4-5-11(9-17-10)15(20)18-13-8-12(16)6-7-14(13)19(2)3/h4-9H,1-3H3,(H,18,20). The molecular weight excluding hydrogens is 274 g/mol. The molecule has 0 saturated carbocycles. The van der Waals surface area contributed by atoms with Gasteiger partial charge in [-0.15, -0.1) is 0 Å². The van der Waals surface area contributed by atoms with Crippen molar-refractivity contribution in [2.75, 3.05) is 24.3 Å². The molecule has 0 unspecified atom stereocenters. The number of carbonyl (C=O) groups is 1. The zero-order chi connectivity index (χ0) is 14.7. The molecule has 4 nitrogen and oxygen atoms in total. The van der Waals surface area contributed by atoms with E-state index in [0.717, 1.165) is 11.4 Å². The number of aromatic nitrogens is 1. The highest BCUT2D eigenvalue weighted by Crippen LogP contribution is 2.28. The van der Waals surface area contributed by atoms with Crippen LogP contribution in [0.5, 0.6) is 0 Å². The van der Waals surface area contributed by atoms with Crippen LogP contribution in [0.1, 0.15) is 16.1 Å². The Hall–Kier alpha value is -2.07. The first kappa shape index (κ1) is 14.3. The molecule has 0 saturated heterocycles. The lowest BCUT2D eigenvalue weighted by atomic mass is 10.2. The summed E-state index contributed by atoms with van der Waals surface area (Å²) in [4.78, 5) is 18.2. The van der Waals surface area contributed by atoms with E-state index in [2.05, 4.69) is 10.3 Å². The van der Waals surface area contributed by atoms with Crippen LogP contribution in [0, 0.1) is 6.92 Å². The summed E-state index contributed by atoms with van der Waals surface area (Å²) in [5, 5.41) is 3.44. The second-order valence-corrected chi connectivity index (χ2v) is 5.13. The van der Waals surface area contributed by atoms with Crippen molar-refractivity contribution in [3.8, 4) is 0 Å². The molecule has 5 heteroatoms. The third-order valence-electron chi connectivity index (χ3n) is 2.86. The van der Waals surface area contributed by atoms with Crippen LogP contribution >= 0.6 is 11.6 Å². The van der Waals surface area contributed by atoms with Gasteiger partial charge < -0.3 is 10.2 Å². The summed E-state index contributed by atoms with van der Waals surface area (Å²) in [5.41, 5.74) is 2.95. The van der Waals surface area contributed by atoms with Crippen molar-refractivity contribution in [2.24, 2.45) is 0 Å². The molecule has 1 heterocycles. The molecule has 0 radical (unpaired) electrons. The van der Waals surface area contributed by atoms with Gasteiger partial charge in [-0.05, 0) is 37.3 Å². The van der Waals surface area contributed by atoms with E-state index in [-0.39, 0.29) is 5.91 Å². The van der Waals surface area contributed by atoms with Crippen LogP contribution < -0.4 is 10.2 Å². The lowest BCUT2D eigenvalue weighted by Crippen LogP contribution is -2.17. The van der Waals surface area contributed by atoms with Crippen LogP contribution in [-0.2, 0) is 0 Å². The van der Waals surface area contributed by atoms with Gasteiger partial charge in [-0.25, -0.2) is 0 Å². The van der Waals surface area contributed by atoms with Crippen molar-refractivity contribution in [3.05, 3.63) is 52.8 Å². The Labute approximate surface area is 123 Å². The van der Waals surface area contributed by atoms with Crippen LogP contribution in [0.4, 0.5) is 11.4 Å². The zero-order valence-corrected chi connectivity index (χ0v) is 12.4. The van der Waals surface area contributed by atoms with Crippen LogP contribution in [0.3, 0.4) is 0 Å². The number of rotatable bonds is 3. The van der Waals surface area contributed by atoms with Crippen molar-refractivity contribution in [3.63, 3.8) is 0 Å². The Morgan fingerprint density at radius 2 is 2.00 bits per heavy atom. The number of hydrogen-bond acceptors (Lipinski definition) is 3. The first-order valence-electron chi connectivity index (χ1n) is 6.18. The average molecular weight is 290 g/mol. The van der Waals surface area contributed by atoms with Gasteiger partial charge in [-0.1, -0.05) is 11.6 Å². The highest BCUT2D eigenvalue weighted by molar-refractivity contribution is 6.31. The number of anilines is 2. The van der Waals surface area contributed by atoms with Crippen molar-refractivity contribution in [1.82, 2.24) is 4.98 Å². The fraction of sp³-hybridized carbons (Fsp3) is 0.200. The SMILES string of the molecule is Cc1ccc(C(=O)Nc2cc(Cl)ccc2N(C)C)cn1. The van der Waals surface area contributed by atoms with E-state index in [0.29, 0.717) is 16.3 Å². The van der Waals surface area contributed by atoms with Crippen LogP contribution in [0.15, 0.2) is 36.5 Å². The minimum Gasteiger partial charge on any atom is -0.376 e. The van der Waals surface area contributed by atoms with Gasteiger partial charge in [0.25, 0.3) is 5.91 Å². The topological polar surface area (TPSA) is 45.2 Å². The van der Waals surface area contributed by atoms with Gasteiger partial charge in [-0.2, -0.15) is 0 Å². The van der Waals surface area contributed by atoms with Crippen molar-refractivity contribution in [2.45, 2.75) is 6.92 Å². The molecule has 1 amide bonds. The summed E-state index contributed by atoms with van der Waals surface area (Å²) in [6, 6.07) is 8.94. The summed E-state index contributed by atoms with van der Waals surface area (Å²) < 4.78 is 0. The molecule has 0 aliphatic heterocycles. The number of amides is 1. The summed E-state index contributed by atoms with van der Waals surface area (Å²) in [6.07, 6.45) is 1.56. The van der Waals surface area contributed by atoms with Gasteiger partial charge in [0.15, 0.2) is 0 Å². The number of halogens is 1. The molecular formula is C15H16ClN3O. The Kier molecular flexibility index (Phi) is 4.25. The van der Waals surface area contributed by atoms with Gasteiger partial charge in [-0.3, -0.25) is 9.78 Å². The molecule has 1 N–H and O–H groups in total. The average Bonchev–Trinajstić information content (AvgIpc) is 2.39. The van der Waals surface area contributed by atoms with Crippen molar-refractivity contribution >= 4 is 28.9 Å². The lowest BCUT2D eigenvalue weighted by molar-refractivity contribution is 0.102. The van der Waals surface area contributed by atoms with Crippen LogP contribution in [0.2, 0.25) is 5.02 Å². The van der Waals surface area contributed by atoms with E-state index in [4.69, 9.17) is 11.6 Å². The maximum absolute atomic E-state index is 12.2. The van der Waals surface area contributed by atoms with Crippen molar-refractivity contribution in [1.29, 1.82) is 0 Å². The third kappa shape index (κ3) is 3.27. The fourth-order valence-corrected chi connectivity index (χ4v) is 1.97. The number of nitrogens with zero attached hydrogens (tertiary/aromatic N) is 2. The number of aryl methyl sites for hydroxylation is 1. The number of carbonyl (C=O) groups excluding carboxylic acids is 1. The Balaban J connectivity index is 2.27. The maximum atomic E-state index is 12.2. The number of benzene rings is 1. The van der Waals surface area contributed by atoms with E-state index in [1.54, 1.807) is 30.5 Å². The van der Waals surface area contributed by atoms with Gasteiger partial charge in [0, 0.05) is 31.0 Å².